The summed E-state index contributed by atoms with van der Waals surface area (Å²) in [6.07, 6.45) is 2.22. The second-order valence-electron chi connectivity index (χ2n) is 7.05. The third-order valence-electron chi connectivity index (χ3n) is 5.21. The Labute approximate surface area is 168 Å². The normalized spacial score (nSPS) is 16.6. The van der Waals surface area contributed by atoms with E-state index >= 15 is 0 Å². The Hall–Kier alpha value is -2.54. The van der Waals surface area contributed by atoms with Gasteiger partial charge in [-0.25, -0.2) is 4.79 Å². The first-order valence-electron chi connectivity index (χ1n) is 9.70. The zero-order chi connectivity index (χ0) is 19.3. The van der Waals surface area contributed by atoms with Gasteiger partial charge in [-0.1, -0.05) is 6.07 Å². The second-order valence-corrected chi connectivity index (χ2v) is 8.08. The van der Waals surface area contributed by atoms with Gasteiger partial charge in [0, 0.05) is 36.0 Å². The first-order valence-corrected chi connectivity index (χ1v) is 10.6. The van der Waals surface area contributed by atoms with Crippen LogP contribution >= 0.6 is 11.3 Å². The number of rotatable bonds is 5. The van der Waals surface area contributed by atoms with Crippen molar-refractivity contribution < 1.29 is 19.1 Å². The number of Topliss-reactive ketones (excluding diaryl/α,β-unsaturated/α-hetero) is 1. The van der Waals surface area contributed by atoms with Crippen molar-refractivity contribution in [1.82, 2.24) is 10.2 Å². The van der Waals surface area contributed by atoms with Crippen LogP contribution < -0.4 is 14.8 Å². The van der Waals surface area contributed by atoms with E-state index in [-0.39, 0.29) is 17.7 Å². The molecular formula is C21H24N2O4S. The lowest BCUT2D eigenvalue weighted by atomic mass is 9.89. The number of thiophene rings is 1. The van der Waals surface area contributed by atoms with E-state index in [0.717, 1.165) is 6.42 Å². The average Bonchev–Trinajstić information content (AvgIpc) is 3.26. The van der Waals surface area contributed by atoms with Crippen LogP contribution in [0.5, 0.6) is 11.5 Å². The van der Waals surface area contributed by atoms with Crippen LogP contribution in [0.4, 0.5) is 4.79 Å². The summed E-state index contributed by atoms with van der Waals surface area (Å²) >= 11 is 1.70. The van der Waals surface area contributed by atoms with Gasteiger partial charge >= 0.3 is 6.03 Å². The molecule has 2 aromatic rings. The lowest BCUT2D eigenvalue weighted by Crippen LogP contribution is -2.45. The molecule has 2 aliphatic heterocycles. The number of likely N-dealkylation sites (tertiary alicyclic amines) is 1. The number of hydrogen-bond acceptors (Lipinski definition) is 5. The SMILES string of the molecule is O=C(c1ccc2c(c1)OCCO2)C1CCN(C(=O)NCCc2cccs2)CC1. The largest absolute Gasteiger partial charge is 0.486 e. The number of ketones is 1. The predicted molar refractivity (Wildman–Crippen MR) is 107 cm³/mol. The number of carbonyl (C=O) groups excluding carboxylic acids is 2. The summed E-state index contributed by atoms with van der Waals surface area (Å²) in [4.78, 5) is 28.3. The van der Waals surface area contributed by atoms with Gasteiger partial charge in [-0.05, 0) is 48.9 Å². The fourth-order valence-electron chi connectivity index (χ4n) is 3.64. The maximum Gasteiger partial charge on any atom is 0.317 e. The Bertz CT molecular complexity index is 829. The molecule has 0 saturated carbocycles. The minimum absolute atomic E-state index is 0.0400. The predicted octanol–water partition coefficient (Wildman–Crippen LogP) is 3.37. The highest BCUT2D eigenvalue weighted by Crippen LogP contribution is 2.32. The number of amides is 2. The van der Waals surface area contributed by atoms with E-state index in [1.807, 2.05) is 16.3 Å². The highest BCUT2D eigenvalue weighted by molar-refractivity contribution is 7.09. The van der Waals surface area contributed by atoms with Gasteiger partial charge < -0.3 is 19.7 Å². The van der Waals surface area contributed by atoms with Crippen LogP contribution in [0.1, 0.15) is 28.1 Å². The molecule has 1 aromatic heterocycles. The smallest absolute Gasteiger partial charge is 0.317 e. The molecule has 2 aliphatic rings. The third-order valence-corrected chi connectivity index (χ3v) is 6.14. The van der Waals surface area contributed by atoms with Crippen LogP contribution in [0.2, 0.25) is 0 Å². The molecule has 28 heavy (non-hydrogen) atoms. The Kier molecular flexibility index (Phi) is 5.81. The summed E-state index contributed by atoms with van der Waals surface area (Å²) in [5, 5.41) is 5.02. The fourth-order valence-corrected chi connectivity index (χ4v) is 4.35. The number of benzene rings is 1. The number of urea groups is 1. The van der Waals surface area contributed by atoms with Gasteiger partial charge in [-0.3, -0.25) is 4.79 Å². The number of nitrogens with zero attached hydrogens (tertiary/aromatic N) is 1. The van der Waals surface area contributed by atoms with Crippen molar-refractivity contribution in [3.05, 3.63) is 46.2 Å². The summed E-state index contributed by atoms with van der Waals surface area (Å²) in [5.41, 5.74) is 0.656. The highest BCUT2D eigenvalue weighted by Gasteiger charge is 2.28. The summed E-state index contributed by atoms with van der Waals surface area (Å²) in [5.74, 6) is 1.39. The van der Waals surface area contributed by atoms with E-state index in [0.29, 0.717) is 62.8 Å². The van der Waals surface area contributed by atoms with Crippen molar-refractivity contribution in [3.8, 4) is 11.5 Å². The van der Waals surface area contributed by atoms with E-state index in [1.54, 1.807) is 29.5 Å². The molecule has 1 saturated heterocycles. The minimum atomic E-state index is -0.0577. The molecule has 3 heterocycles. The highest BCUT2D eigenvalue weighted by atomic mass is 32.1. The van der Waals surface area contributed by atoms with Crippen molar-refractivity contribution in [3.63, 3.8) is 0 Å². The minimum Gasteiger partial charge on any atom is -0.486 e. The topological polar surface area (TPSA) is 67.9 Å². The van der Waals surface area contributed by atoms with Crippen LogP contribution in [0.25, 0.3) is 0 Å². The fraction of sp³-hybridized carbons (Fsp3) is 0.429. The molecule has 0 spiro atoms. The van der Waals surface area contributed by atoms with Crippen LogP contribution in [-0.4, -0.2) is 49.6 Å². The molecule has 1 aromatic carbocycles. The van der Waals surface area contributed by atoms with Gasteiger partial charge in [-0.15, -0.1) is 11.3 Å². The summed E-state index contributed by atoms with van der Waals surface area (Å²) in [6.45, 7) is 2.88. The van der Waals surface area contributed by atoms with E-state index < -0.39 is 0 Å². The molecule has 148 valence electrons. The van der Waals surface area contributed by atoms with Crippen LogP contribution in [0, 0.1) is 5.92 Å². The zero-order valence-electron chi connectivity index (χ0n) is 15.7. The van der Waals surface area contributed by atoms with Crippen molar-refractivity contribution in [2.24, 2.45) is 5.92 Å². The van der Waals surface area contributed by atoms with E-state index in [2.05, 4.69) is 11.4 Å². The summed E-state index contributed by atoms with van der Waals surface area (Å²) < 4.78 is 11.1. The molecular weight excluding hydrogens is 376 g/mol. The maximum atomic E-state index is 12.9. The number of hydrogen-bond donors (Lipinski definition) is 1. The average molecular weight is 401 g/mol. The molecule has 0 atom stereocenters. The van der Waals surface area contributed by atoms with Gasteiger partial charge in [-0.2, -0.15) is 0 Å². The maximum absolute atomic E-state index is 12.9. The summed E-state index contributed by atoms with van der Waals surface area (Å²) in [6, 6.07) is 9.44. The standard InChI is InChI=1S/C21H24N2O4S/c24-20(16-3-4-18-19(14-16)27-12-11-26-18)15-6-9-23(10-7-15)21(25)22-8-5-17-2-1-13-28-17/h1-4,13-15H,5-12H2,(H,22,25). The lowest BCUT2D eigenvalue weighted by molar-refractivity contribution is 0.0853. The van der Waals surface area contributed by atoms with E-state index in [4.69, 9.17) is 9.47 Å². The Morgan fingerprint density at radius 3 is 2.64 bits per heavy atom. The summed E-state index contributed by atoms with van der Waals surface area (Å²) in [7, 11) is 0. The Balaban J connectivity index is 1.26. The molecule has 1 N–H and O–H groups in total. The molecule has 6 nitrogen and oxygen atoms in total. The van der Waals surface area contributed by atoms with Gasteiger partial charge in [0.15, 0.2) is 17.3 Å². The number of fused-ring (bicyclic) bond motifs is 1. The van der Waals surface area contributed by atoms with Crippen molar-refractivity contribution >= 4 is 23.2 Å². The van der Waals surface area contributed by atoms with Gasteiger partial charge in [0.25, 0.3) is 0 Å². The molecule has 4 rings (SSSR count). The van der Waals surface area contributed by atoms with Crippen molar-refractivity contribution in [2.45, 2.75) is 19.3 Å². The second kappa shape index (κ2) is 8.65. The Morgan fingerprint density at radius 1 is 1.11 bits per heavy atom. The van der Waals surface area contributed by atoms with E-state index in [1.165, 1.54) is 4.88 Å². The van der Waals surface area contributed by atoms with Crippen LogP contribution in [-0.2, 0) is 6.42 Å². The van der Waals surface area contributed by atoms with E-state index in [9.17, 15) is 9.59 Å². The molecule has 2 amide bonds. The van der Waals surface area contributed by atoms with Crippen LogP contribution in [0.3, 0.4) is 0 Å². The molecule has 1 fully saturated rings. The number of nitrogens with one attached hydrogen (secondary N) is 1. The Morgan fingerprint density at radius 2 is 1.89 bits per heavy atom. The van der Waals surface area contributed by atoms with Crippen molar-refractivity contribution in [1.29, 1.82) is 0 Å². The first-order chi connectivity index (χ1) is 13.7. The third kappa shape index (κ3) is 4.30. The first kappa shape index (κ1) is 18.8. The quantitative estimate of drug-likeness (QED) is 0.782. The number of ether oxygens (including phenoxy) is 2. The number of carbonyl (C=O) groups is 2. The molecule has 0 radical (unpaired) electrons. The molecule has 0 unspecified atom stereocenters. The zero-order valence-corrected chi connectivity index (χ0v) is 16.5. The van der Waals surface area contributed by atoms with Gasteiger partial charge in [0.1, 0.15) is 13.2 Å². The van der Waals surface area contributed by atoms with Crippen LogP contribution in [0.15, 0.2) is 35.7 Å². The molecule has 0 bridgehead atoms. The number of piperidine rings is 1. The lowest BCUT2D eigenvalue weighted by Gasteiger charge is -2.31. The van der Waals surface area contributed by atoms with Crippen molar-refractivity contribution in [2.75, 3.05) is 32.8 Å². The van der Waals surface area contributed by atoms with Gasteiger partial charge in [0.05, 0.1) is 0 Å². The monoisotopic (exact) mass is 400 g/mol. The van der Waals surface area contributed by atoms with Gasteiger partial charge in [0.2, 0.25) is 0 Å². The molecule has 0 aliphatic carbocycles. The molecule has 7 heteroatoms.